The van der Waals surface area contributed by atoms with Gasteiger partial charge in [0.05, 0.1) is 18.4 Å². The maximum atomic E-state index is 9.09. The van der Waals surface area contributed by atoms with E-state index in [9.17, 15) is 0 Å². The molecule has 2 rings (SSSR count). The first-order valence-corrected chi connectivity index (χ1v) is 6.08. The molecule has 1 aliphatic heterocycles. The molecule has 0 aliphatic carbocycles. The number of ether oxygens (including phenoxy) is 1. The first-order valence-electron chi connectivity index (χ1n) is 6.08. The Morgan fingerprint density at radius 1 is 1.59 bits per heavy atom. The first kappa shape index (κ1) is 12.3. The Balaban J connectivity index is 2.11. The highest BCUT2D eigenvalue weighted by molar-refractivity contribution is 5.47. The van der Waals surface area contributed by atoms with E-state index in [1.165, 1.54) is 0 Å². The molecule has 1 saturated heterocycles. The number of hydrogen-bond acceptors (Lipinski definition) is 4. The molecule has 0 amide bonds. The van der Waals surface area contributed by atoms with Gasteiger partial charge in [-0.1, -0.05) is 6.92 Å². The Morgan fingerprint density at radius 3 is 3.12 bits per heavy atom. The molecule has 1 N–H and O–H groups in total. The van der Waals surface area contributed by atoms with Crippen molar-refractivity contribution in [2.24, 2.45) is 5.92 Å². The van der Waals surface area contributed by atoms with E-state index in [0.717, 1.165) is 30.9 Å². The molecule has 4 nitrogen and oxygen atoms in total. The summed E-state index contributed by atoms with van der Waals surface area (Å²) in [6.45, 7) is 4.17. The van der Waals surface area contributed by atoms with Crippen LogP contribution in [0.1, 0.15) is 19.0 Å². The molecular formula is C13H20N2O2. The zero-order valence-corrected chi connectivity index (χ0v) is 10.5. The molecule has 1 fully saturated rings. The van der Waals surface area contributed by atoms with E-state index in [4.69, 9.17) is 9.84 Å². The zero-order chi connectivity index (χ0) is 12.3. The largest absolute Gasteiger partial charge is 0.390 e. The van der Waals surface area contributed by atoms with E-state index >= 15 is 0 Å². The summed E-state index contributed by atoms with van der Waals surface area (Å²) in [4.78, 5) is 6.40. The number of rotatable bonds is 3. The summed E-state index contributed by atoms with van der Waals surface area (Å²) in [6.07, 6.45) is 3.17. The second-order valence-corrected chi connectivity index (χ2v) is 4.65. The van der Waals surface area contributed by atoms with Gasteiger partial charge in [-0.15, -0.1) is 0 Å². The maximum Gasteiger partial charge on any atom is 0.0853 e. The molecule has 94 valence electrons. The summed E-state index contributed by atoms with van der Waals surface area (Å²) in [5, 5.41) is 9.09. The lowest BCUT2D eigenvalue weighted by molar-refractivity contribution is 0.0498. The van der Waals surface area contributed by atoms with Crippen LogP contribution in [-0.2, 0) is 11.3 Å². The fourth-order valence-corrected chi connectivity index (χ4v) is 2.32. The van der Waals surface area contributed by atoms with E-state index in [2.05, 4.69) is 16.8 Å². The summed E-state index contributed by atoms with van der Waals surface area (Å²) in [6, 6.07) is 3.94. The summed E-state index contributed by atoms with van der Waals surface area (Å²) in [5.74, 6) is 0.607. The van der Waals surface area contributed by atoms with Crippen molar-refractivity contribution in [1.29, 1.82) is 0 Å². The van der Waals surface area contributed by atoms with Crippen LogP contribution >= 0.6 is 0 Å². The van der Waals surface area contributed by atoms with Crippen molar-refractivity contribution in [2.45, 2.75) is 26.1 Å². The molecule has 2 unspecified atom stereocenters. The summed E-state index contributed by atoms with van der Waals surface area (Å²) < 4.78 is 5.51. The molecule has 1 aliphatic rings. The van der Waals surface area contributed by atoms with Crippen molar-refractivity contribution in [2.75, 3.05) is 25.1 Å². The van der Waals surface area contributed by atoms with E-state index < -0.39 is 0 Å². The molecular weight excluding hydrogens is 216 g/mol. The normalized spacial score (nSPS) is 25.0. The minimum Gasteiger partial charge on any atom is -0.390 e. The van der Waals surface area contributed by atoms with Gasteiger partial charge < -0.3 is 14.7 Å². The van der Waals surface area contributed by atoms with Crippen LogP contribution in [0.25, 0.3) is 0 Å². The fourth-order valence-electron chi connectivity index (χ4n) is 2.32. The lowest BCUT2D eigenvalue weighted by atomic mass is 9.95. The minimum atomic E-state index is -0.00815. The van der Waals surface area contributed by atoms with Gasteiger partial charge >= 0.3 is 0 Å². The van der Waals surface area contributed by atoms with E-state index in [1.54, 1.807) is 13.3 Å². The van der Waals surface area contributed by atoms with Crippen molar-refractivity contribution in [1.82, 2.24) is 4.98 Å². The van der Waals surface area contributed by atoms with Crippen LogP contribution in [0, 0.1) is 5.92 Å². The van der Waals surface area contributed by atoms with Crippen molar-refractivity contribution in [3.63, 3.8) is 0 Å². The average molecular weight is 236 g/mol. The van der Waals surface area contributed by atoms with Crippen molar-refractivity contribution in [3.05, 3.63) is 24.0 Å². The van der Waals surface area contributed by atoms with Crippen LogP contribution in [0.15, 0.2) is 18.3 Å². The first-order chi connectivity index (χ1) is 8.24. The molecule has 17 heavy (non-hydrogen) atoms. The second kappa shape index (κ2) is 5.47. The van der Waals surface area contributed by atoms with Gasteiger partial charge in [0.15, 0.2) is 0 Å². The fraction of sp³-hybridized carbons (Fsp3) is 0.615. The summed E-state index contributed by atoms with van der Waals surface area (Å²) >= 11 is 0. The van der Waals surface area contributed by atoms with Crippen LogP contribution in [0.3, 0.4) is 0 Å². The van der Waals surface area contributed by atoms with Crippen LogP contribution in [0.2, 0.25) is 0 Å². The van der Waals surface area contributed by atoms with Crippen molar-refractivity contribution in [3.8, 4) is 0 Å². The number of aliphatic hydroxyl groups excluding tert-OH is 1. The number of piperidine rings is 1. The van der Waals surface area contributed by atoms with Crippen molar-refractivity contribution >= 4 is 5.69 Å². The van der Waals surface area contributed by atoms with Gasteiger partial charge in [-0.05, 0) is 24.5 Å². The van der Waals surface area contributed by atoms with Crippen LogP contribution in [0.5, 0.6) is 0 Å². The smallest absolute Gasteiger partial charge is 0.0853 e. The predicted octanol–water partition coefficient (Wildman–Crippen LogP) is 1.44. The Morgan fingerprint density at radius 2 is 2.41 bits per heavy atom. The molecule has 0 saturated carbocycles. The standard InChI is InChI=1S/C13H20N2O2/c1-10-4-6-15(8-13(10)17-2)12-3-5-14-11(7-12)9-16/h3,5,7,10,13,16H,4,6,8-9H2,1-2H3. The maximum absolute atomic E-state index is 9.09. The number of hydrogen-bond donors (Lipinski definition) is 1. The molecule has 0 aromatic carbocycles. The van der Waals surface area contributed by atoms with E-state index in [1.807, 2.05) is 12.1 Å². The highest BCUT2D eigenvalue weighted by Crippen LogP contribution is 2.24. The van der Waals surface area contributed by atoms with Crippen LogP contribution in [0.4, 0.5) is 5.69 Å². The van der Waals surface area contributed by atoms with Gasteiger partial charge in [-0.2, -0.15) is 0 Å². The second-order valence-electron chi connectivity index (χ2n) is 4.65. The Bertz CT molecular complexity index is 370. The monoisotopic (exact) mass is 236 g/mol. The van der Waals surface area contributed by atoms with Crippen molar-refractivity contribution < 1.29 is 9.84 Å². The quantitative estimate of drug-likeness (QED) is 0.862. The molecule has 2 heterocycles. The number of aromatic nitrogens is 1. The third kappa shape index (κ3) is 2.76. The molecule has 2 atom stereocenters. The molecule has 4 heteroatoms. The number of pyridine rings is 1. The van der Waals surface area contributed by atoms with Gasteiger partial charge in [-0.25, -0.2) is 0 Å². The molecule has 0 bridgehead atoms. The van der Waals surface area contributed by atoms with Crippen LogP contribution in [-0.4, -0.2) is 36.4 Å². The molecule has 0 spiro atoms. The van der Waals surface area contributed by atoms with Gasteiger partial charge in [0.25, 0.3) is 0 Å². The van der Waals surface area contributed by atoms with Gasteiger partial charge in [0.1, 0.15) is 0 Å². The number of methoxy groups -OCH3 is 1. The molecule has 1 aromatic heterocycles. The Hall–Kier alpha value is -1.13. The predicted molar refractivity (Wildman–Crippen MR) is 67.0 cm³/mol. The number of nitrogens with zero attached hydrogens (tertiary/aromatic N) is 2. The zero-order valence-electron chi connectivity index (χ0n) is 10.5. The lowest BCUT2D eigenvalue weighted by Gasteiger charge is -2.37. The summed E-state index contributed by atoms with van der Waals surface area (Å²) in [5.41, 5.74) is 1.84. The molecule has 0 radical (unpaired) electrons. The van der Waals surface area contributed by atoms with E-state index in [-0.39, 0.29) is 12.7 Å². The summed E-state index contributed by atoms with van der Waals surface area (Å²) in [7, 11) is 1.77. The minimum absolute atomic E-state index is 0.00815. The van der Waals surface area contributed by atoms with Crippen LogP contribution < -0.4 is 4.90 Å². The Labute approximate surface area is 102 Å². The van der Waals surface area contributed by atoms with Gasteiger partial charge in [0, 0.05) is 32.1 Å². The Kier molecular flexibility index (Phi) is 3.97. The highest BCUT2D eigenvalue weighted by atomic mass is 16.5. The third-order valence-corrected chi connectivity index (χ3v) is 3.52. The SMILES string of the molecule is COC1CN(c2ccnc(CO)c2)CCC1C. The highest BCUT2D eigenvalue weighted by Gasteiger charge is 2.26. The lowest BCUT2D eigenvalue weighted by Crippen LogP contribution is -2.43. The van der Waals surface area contributed by atoms with Gasteiger partial charge in [0.2, 0.25) is 0 Å². The topological polar surface area (TPSA) is 45.6 Å². The molecule has 1 aromatic rings. The third-order valence-electron chi connectivity index (χ3n) is 3.52. The van der Waals surface area contributed by atoms with E-state index in [0.29, 0.717) is 5.92 Å². The van der Waals surface area contributed by atoms with Gasteiger partial charge in [-0.3, -0.25) is 4.98 Å². The average Bonchev–Trinajstić information content (AvgIpc) is 2.39. The number of anilines is 1. The number of aliphatic hydroxyl groups is 1.